The van der Waals surface area contributed by atoms with Gasteiger partial charge < -0.3 is 19.7 Å². The van der Waals surface area contributed by atoms with Crippen LogP contribution in [-0.4, -0.2) is 70.6 Å². The number of likely N-dealkylation sites (tertiary alicyclic amines) is 1. The number of hydrogen-bond acceptors (Lipinski definition) is 5. The molecule has 1 fully saturated rings. The summed E-state index contributed by atoms with van der Waals surface area (Å²) in [7, 11) is 0. The second-order valence-corrected chi connectivity index (χ2v) is 11.0. The van der Waals surface area contributed by atoms with Crippen LogP contribution in [0.3, 0.4) is 0 Å². The number of aliphatic hydroxyl groups is 1. The Kier molecular flexibility index (Phi) is 6.25. The van der Waals surface area contributed by atoms with Crippen molar-refractivity contribution in [3.8, 4) is 5.75 Å². The van der Waals surface area contributed by atoms with Crippen LogP contribution in [0.1, 0.15) is 33.6 Å². The molecule has 2 aliphatic rings. The number of para-hydroxylation sites is 1. The van der Waals surface area contributed by atoms with Gasteiger partial charge in [0.25, 0.3) is 11.8 Å². The van der Waals surface area contributed by atoms with Crippen LogP contribution < -0.4 is 4.74 Å². The van der Waals surface area contributed by atoms with E-state index in [2.05, 4.69) is 16.0 Å². The number of nitrogens with zero attached hydrogens (tertiary/aromatic N) is 2. The van der Waals surface area contributed by atoms with Gasteiger partial charge in [0.2, 0.25) is 0 Å². The highest BCUT2D eigenvalue weighted by Gasteiger charge is 2.35. The van der Waals surface area contributed by atoms with Gasteiger partial charge in [-0.2, -0.15) is 0 Å². The number of imide groups is 1. The number of piperidine rings is 1. The zero-order valence-corrected chi connectivity index (χ0v) is 22.2. The molecule has 0 radical (unpaired) electrons. The lowest BCUT2D eigenvalue weighted by atomic mass is 9.91. The molecule has 0 saturated carbocycles. The SMILES string of the molecule is O=C1c2cccc3cccc(c23)C(=O)N1CC1CCN(CC(O)COc2cccc3[nH]c4ccccc4c23)CC1. The summed E-state index contributed by atoms with van der Waals surface area (Å²) < 4.78 is 6.11. The molecule has 1 unspecified atom stereocenters. The Labute approximate surface area is 231 Å². The number of benzene rings is 4. The molecular formula is C33H31N3O4. The van der Waals surface area contributed by atoms with Crippen LogP contribution in [0, 0.1) is 5.92 Å². The zero-order chi connectivity index (χ0) is 27.2. The summed E-state index contributed by atoms with van der Waals surface area (Å²) in [6.07, 6.45) is 1.11. The molecule has 3 heterocycles. The predicted molar refractivity (Wildman–Crippen MR) is 156 cm³/mol. The molecule has 1 atom stereocenters. The molecule has 4 aromatic carbocycles. The molecule has 40 heavy (non-hydrogen) atoms. The number of amides is 2. The Bertz CT molecular complexity index is 1700. The highest BCUT2D eigenvalue weighted by atomic mass is 16.5. The molecule has 7 heteroatoms. The van der Waals surface area contributed by atoms with Gasteiger partial charge >= 0.3 is 0 Å². The smallest absolute Gasteiger partial charge is 0.261 e. The topological polar surface area (TPSA) is 85.9 Å². The summed E-state index contributed by atoms with van der Waals surface area (Å²) in [6, 6.07) is 25.4. The first-order valence-corrected chi connectivity index (χ1v) is 14.0. The number of β-amino-alcohol motifs (C(OH)–C–C–N with tert-alkyl or cyclic N) is 1. The van der Waals surface area contributed by atoms with E-state index in [0.29, 0.717) is 24.2 Å². The Morgan fingerprint density at radius 2 is 1.50 bits per heavy atom. The minimum Gasteiger partial charge on any atom is -0.490 e. The summed E-state index contributed by atoms with van der Waals surface area (Å²) in [6.45, 7) is 2.77. The third kappa shape index (κ3) is 4.31. The van der Waals surface area contributed by atoms with Crippen LogP contribution >= 0.6 is 0 Å². The van der Waals surface area contributed by atoms with E-state index in [0.717, 1.165) is 64.3 Å². The van der Waals surface area contributed by atoms with E-state index in [1.165, 1.54) is 4.90 Å². The maximum Gasteiger partial charge on any atom is 0.261 e. The predicted octanol–water partition coefficient (Wildman–Crippen LogP) is 5.22. The molecule has 202 valence electrons. The van der Waals surface area contributed by atoms with Crippen LogP contribution in [0.15, 0.2) is 78.9 Å². The molecule has 7 rings (SSSR count). The summed E-state index contributed by atoms with van der Waals surface area (Å²) >= 11 is 0. The van der Waals surface area contributed by atoms with Gasteiger partial charge in [0, 0.05) is 45.9 Å². The standard InChI is InChI=1S/C33H31N3O4/c37-23(20-40-29-13-5-12-28-31(29)24-8-1-2-11-27(24)34-28)19-35-16-14-21(15-17-35)18-36-32(38)25-9-3-6-22-7-4-10-26(30(22)25)33(36)39/h1-13,21,23,34,37H,14-20H2. The number of aliphatic hydroxyl groups excluding tert-OH is 1. The first-order valence-electron chi connectivity index (χ1n) is 14.0. The molecule has 0 bridgehead atoms. The van der Waals surface area contributed by atoms with Crippen LogP contribution in [0.4, 0.5) is 0 Å². The monoisotopic (exact) mass is 533 g/mol. The summed E-state index contributed by atoms with van der Waals surface area (Å²) in [4.78, 5) is 33.6. The normalized spacial score (nSPS) is 17.3. The number of carbonyl (C=O) groups is 2. The third-order valence-corrected chi connectivity index (χ3v) is 8.40. The van der Waals surface area contributed by atoms with E-state index in [4.69, 9.17) is 4.74 Å². The van der Waals surface area contributed by atoms with Crippen molar-refractivity contribution in [2.24, 2.45) is 5.92 Å². The largest absolute Gasteiger partial charge is 0.490 e. The highest BCUT2D eigenvalue weighted by Crippen LogP contribution is 2.34. The molecule has 5 aromatic rings. The van der Waals surface area contributed by atoms with Gasteiger partial charge in [-0.3, -0.25) is 14.5 Å². The van der Waals surface area contributed by atoms with Gasteiger partial charge in [0.15, 0.2) is 0 Å². The van der Waals surface area contributed by atoms with E-state index in [1.54, 1.807) is 0 Å². The van der Waals surface area contributed by atoms with E-state index >= 15 is 0 Å². The van der Waals surface area contributed by atoms with Crippen LogP contribution in [0.2, 0.25) is 0 Å². The van der Waals surface area contributed by atoms with Crippen molar-refractivity contribution < 1.29 is 19.4 Å². The Morgan fingerprint density at radius 1 is 0.825 bits per heavy atom. The van der Waals surface area contributed by atoms with E-state index < -0.39 is 6.10 Å². The average Bonchev–Trinajstić information content (AvgIpc) is 3.37. The Balaban J connectivity index is 0.950. The lowest BCUT2D eigenvalue weighted by molar-refractivity contribution is 0.0455. The summed E-state index contributed by atoms with van der Waals surface area (Å²) in [5, 5.41) is 14.6. The van der Waals surface area contributed by atoms with Crippen molar-refractivity contribution in [2.75, 3.05) is 32.8 Å². The lowest BCUT2D eigenvalue weighted by Crippen LogP contribution is -2.46. The fourth-order valence-electron chi connectivity index (χ4n) is 6.38. The van der Waals surface area contributed by atoms with Gasteiger partial charge in [-0.1, -0.05) is 48.5 Å². The Hall–Kier alpha value is -4.20. The fraction of sp³-hybridized carbons (Fsp3) is 0.273. The van der Waals surface area contributed by atoms with Crippen molar-refractivity contribution in [1.29, 1.82) is 0 Å². The first-order chi connectivity index (χ1) is 19.6. The van der Waals surface area contributed by atoms with Crippen LogP contribution in [0.25, 0.3) is 32.6 Å². The quantitative estimate of drug-likeness (QED) is 0.280. The molecule has 7 nitrogen and oxygen atoms in total. The zero-order valence-electron chi connectivity index (χ0n) is 22.2. The molecule has 1 aromatic heterocycles. The number of rotatable bonds is 7. The van der Waals surface area contributed by atoms with Crippen molar-refractivity contribution >= 4 is 44.4 Å². The van der Waals surface area contributed by atoms with Gasteiger partial charge in [-0.25, -0.2) is 0 Å². The number of carbonyl (C=O) groups excluding carboxylic acids is 2. The molecule has 2 aliphatic heterocycles. The van der Waals surface area contributed by atoms with Crippen molar-refractivity contribution in [3.63, 3.8) is 0 Å². The average molecular weight is 534 g/mol. The van der Waals surface area contributed by atoms with Gasteiger partial charge in [-0.05, 0) is 67.6 Å². The maximum absolute atomic E-state index is 13.3. The highest BCUT2D eigenvalue weighted by molar-refractivity contribution is 6.25. The number of ether oxygens (including phenoxy) is 1. The Morgan fingerprint density at radius 3 is 2.25 bits per heavy atom. The van der Waals surface area contributed by atoms with Crippen molar-refractivity contribution in [2.45, 2.75) is 18.9 Å². The second-order valence-electron chi connectivity index (χ2n) is 11.0. The van der Waals surface area contributed by atoms with Crippen LogP contribution in [0.5, 0.6) is 5.75 Å². The molecular weight excluding hydrogens is 502 g/mol. The minimum atomic E-state index is -0.626. The van der Waals surface area contributed by atoms with E-state index in [-0.39, 0.29) is 24.3 Å². The third-order valence-electron chi connectivity index (χ3n) is 8.40. The fourth-order valence-corrected chi connectivity index (χ4v) is 6.38. The second kappa shape index (κ2) is 10.1. The molecule has 1 saturated heterocycles. The van der Waals surface area contributed by atoms with Gasteiger partial charge in [-0.15, -0.1) is 0 Å². The number of nitrogens with one attached hydrogen (secondary N) is 1. The maximum atomic E-state index is 13.3. The molecule has 2 amide bonds. The number of fused-ring (bicyclic) bond motifs is 3. The number of H-pyrrole nitrogens is 1. The summed E-state index contributed by atoms with van der Waals surface area (Å²) in [5.74, 6) is 0.603. The summed E-state index contributed by atoms with van der Waals surface area (Å²) in [5.41, 5.74) is 3.29. The van der Waals surface area contributed by atoms with E-state index in [9.17, 15) is 14.7 Å². The molecule has 0 spiro atoms. The number of aromatic amines is 1. The van der Waals surface area contributed by atoms with Gasteiger partial charge in [0.1, 0.15) is 18.5 Å². The molecule has 0 aliphatic carbocycles. The molecule has 2 N–H and O–H groups in total. The van der Waals surface area contributed by atoms with Crippen molar-refractivity contribution in [3.05, 3.63) is 90.0 Å². The van der Waals surface area contributed by atoms with Crippen LogP contribution in [-0.2, 0) is 0 Å². The lowest BCUT2D eigenvalue weighted by Gasteiger charge is -2.36. The minimum absolute atomic E-state index is 0.200. The van der Waals surface area contributed by atoms with Crippen molar-refractivity contribution in [1.82, 2.24) is 14.8 Å². The van der Waals surface area contributed by atoms with E-state index in [1.807, 2.05) is 72.8 Å². The number of hydrogen-bond donors (Lipinski definition) is 2. The first kappa shape index (κ1) is 24.8. The number of aromatic nitrogens is 1. The van der Waals surface area contributed by atoms with Gasteiger partial charge in [0.05, 0.1) is 5.52 Å².